The fraction of sp³-hybridized carbons (Fsp3) is 0.191. The van der Waals surface area contributed by atoms with E-state index in [1.807, 2.05) is 0 Å². The number of carbonyl (C=O) groups is 4. The van der Waals surface area contributed by atoms with Crippen molar-refractivity contribution in [1.82, 2.24) is 14.6 Å². The molecule has 0 radical (unpaired) electrons. The number of halogens is 2. The van der Waals surface area contributed by atoms with Crippen molar-refractivity contribution >= 4 is 79.1 Å². The van der Waals surface area contributed by atoms with E-state index < -0.39 is 51.9 Å². The molecule has 1 aromatic heterocycles. The minimum absolute atomic E-state index is 0.0449. The van der Waals surface area contributed by atoms with Crippen LogP contribution in [0.2, 0.25) is 10.0 Å². The number of fused-ring (bicyclic) bond motifs is 2. The van der Waals surface area contributed by atoms with Crippen molar-refractivity contribution in [3.8, 4) is 28.7 Å². The number of carboxylic acids is 1. The smallest absolute Gasteiger partial charge is 0.326 e. The molecule has 2 aliphatic rings. The topological polar surface area (TPSA) is 217 Å². The van der Waals surface area contributed by atoms with Crippen LogP contribution in [-0.4, -0.2) is 58.6 Å². The number of ether oxygens (including phenoxy) is 2. The first-order valence-electron chi connectivity index (χ1n) is 20.3. The van der Waals surface area contributed by atoms with Crippen molar-refractivity contribution in [2.45, 2.75) is 62.2 Å². The summed E-state index contributed by atoms with van der Waals surface area (Å²) in [5, 5.41) is 28.3. The molecule has 15 nitrogen and oxygen atoms in total. The van der Waals surface area contributed by atoms with Gasteiger partial charge in [-0.3, -0.25) is 14.4 Å². The number of thiazole rings is 1. The number of rotatable bonds is 13. The lowest BCUT2D eigenvalue weighted by Gasteiger charge is -2.36. The number of benzene rings is 5. The zero-order valence-electron chi connectivity index (χ0n) is 35.0. The zero-order valence-corrected chi connectivity index (χ0v) is 38.1. The Hall–Kier alpha value is -6.81. The number of hydrogen-bond donors (Lipinski definition) is 4. The number of hydrogen-bond acceptors (Lipinski definition) is 11. The van der Waals surface area contributed by atoms with E-state index >= 15 is 0 Å². The highest BCUT2D eigenvalue weighted by Gasteiger charge is 2.43. The van der Waals surface area contributed by atoms with Crippen LogP contribution in [0.5, 0.6) is 11.5 Å². The van der Waals surface area contributed by atoms with Gasteiger partial charge in [-0.05, 0) is 95.3 Å². The number of aryl methyl sites for hydroxylation is 1. The van der Waals surface area contributed by atoms with Gasteiger partial charge >= 0.3 is 5.97 Å². The lowest BCUT2D eigenvalue weighted by Crippen LogP contribution is -2.55. The normalized spacial score (nSPS) is 16.1. The number of carbonyl (C=O) groups excluding carboxylic acids is 3. The van der Waals surface area contributed by atoms with E-state index in [1.165, 1.54) is 13.8 Å². The summed E-state index contributed by atoms with van der Waals surface area (Å²) in [6.07, 6.45) is -1.39. The van der Waals surface area contributed by atoms with Crippen LogP contribution in [-0.2, 0) is 55.2 Å². The molecule has 0 aliphatic carbocycles. The average molecular weight is 966 g/mol. The van der Waals surface area contributed by atoms with Gasteiger partial charge in [-0.1, -0.05) is 89.1 Å². The van der Waals surface area contributed by atoms with Gasteiger partial charge in [0, 0.05) is 25.5 Å². The van der Waals surface area contributed by atoms with Gasteiger partial charge in [-0.2, -0.15) is 9.57 Å². The Kier molecular flexibility index (Phi) is 13.1. The lowest BCUT2D eigenvalue weighted by atomic mass is 9.93. The van der Waals surface area contributed by atoms with Gasteiger partial charge in [-0.25, -0.2) is 18.2 Å². The average Bonchev–Trinajstić information content (AvgIpc) is 3.67. The Morgan fingerprint density at radius 3 is 2.30 bits per heavy atom. The third-order valence-corrected chi connectivity index (χ3v) is 15.2. The first-order chi connectivity index (χ1) is 31.6. The van der Waals surface area contributed by atoms with Crippen molar-refractivity contribution in [2.75, 3.05) is 10.6 Å². The van der Waals surface area contributed by atoms with Gasteiger partial charge in [0.05, 0.1) is 33.1 Å². The van der Waals surface area contributed by atoms with Crippen LogP contribution in [0.15, 0.2) is 107 Å². The molecule has 336 valence electrons. The van der Waals surface area contributed by atoms with E-state index in [4.69, 9.17) is 37.9 Å². The van der Waals surface area contributed by atoms with E-state index in [1.54, 1.807) is 103 Å². The van der Waals surface area contributed by atoms with E-state index in [9.17, 15) is 32.7 Å². The maximum Gasteiger partial charge on any atom is 0.326 e. The predicted octanol–water partition coefficient (Wildman–Crippen LogP) is 7.83. The Morgan fingerprint density at radius 1 is 0.970 bits per heavy atom. The van der Waals surface area contributed by atoms with E-state index in [0.29, 0.717) is 49.3 Å². The molecule has 5 aromatic carbocycles. The van der Waals surface area contributed by atoms with E-state index in [0.717, 1.165) is 32.3 Å². The van der Waals surface area contributed by atoms with Gasteiger partial charge in [0.2, 0.25) is 17.9 Å². The number of amides is 3. The molecule has 3 heterocycles. The van der Waals surface area contributed by atoms with Crippen LogP contribution in [0, 0.1) is 18.3 Å². The minimum Gasteiger partial charge on any atom is -0.489 e. The number of nitrogens with zero attached hydrogens (tertiary/aromatic N) is 3. The molecule has 8 rings (SSSR count). The summed E-state index contributed by atoms with van der Waals surface area (Å²) in [5.74, 6) is -2.34. The minimum atomic E-state index is -4.53. The summed E-state index contributed by atoms with van der Waals surface area (Å²) in [7, 11) is -4.53. The van der Waals surface area contributed by atoms with E-state index in [2.05, 4.69) is 27.0 Å². The Morgan fingerprint density at radius 2 is 1.65 bits per heavy atom. The molecule has 19 heteroatoms. The van der Waals surface area contributed by atoms with Gasteiger partial charge in [0.1, 0.15) is 30.2 Å². The standard InChI is InChI=1S/C47H38Cl2N6O9S2/c1-25-46(65-47(51-25)52-26(2)56)66(61,62)55-23-34-21-41-38(53-44(58)42(64-41)32-12-14-35(15-13-32)63-24-29-7-16-36(48)37(49)17-29)19-33(34)20-40(55)43(57)54-39(45(59)60)18-27-3-8-30(9-4-27)31-10-5-28(22-50)6-11-31/h3-17,19,21,39-40,42H,18,20,23-24H2,1-2H3,(H,53,58)(H,54,57)(H,59,60)(H,51,52,56)/t39-,40?,42?/m0/s1. The highest BCUT2D eigenvalue weighted by Crippen LogP contribution is 2.42. The molecule has 0 saturated heterocycles. The van der Waals surface area contributed by atoms with Crippen molar-refractivity contribution in [2.24, 2.45) is 0 Å². The number of nitriles is 1. The lowest BCUT2D eigenvalue weighted by molar-refractivity contribution is -0.142. The number of sulfonamides is 1. The first kappa shape index (κ1) is 45.7. The molecule has 3 amide bonds. The predicted molar refractivity (Wildman–Crippen MR) is 247 cm³/mol. The van der Waals surface area contributed by atoms with Crippen molar-refractivity contribution < 1.29 is 42.2 Å². The molecule has 0 spiro atoms. The van der Waals surface area contributed by atoms with Crippen molar-refractivity contribution in [3.05, 3.63) is 152 Å². The maximum atomic E-state index is 14.6. The zero-order chi connectivity index (χ0) is 46.9. The molecule has 0 saturated carbocycles. The second-order valence-corrected chi connectivity index (χ2v) is 19.4. The molecule has 4 N–H and O–H groups in total. The van der Waals surface area contributed by atoms with Crippen LogP contribution >= 0.6 is 34.5 Å². The largest absolute Gasteiger partial charge is 0.489 e. The number of nitrogens with one attached hydrogen (secondary N) is 3. The SMILES string of the molecule is CC(=O)Nc1nc(C)c(S(=O)(=O)N2Cc3cc4c(cc3CC2C(=O)N[C@@H](Cc2ccc(-c3ccc(C#N)cc3)cc2)C(=O)O)NC(=O)C(c2ccc(OCc3ccc(Cl)c(Cl)c3)cc2)O4)s1. The summed E-state index contributed by atoms with van der Waals surface area (Å²) < 4.78 is 42.2. The number of anilines is 2. The molecule has 3 atom stereocenters. The summed E-state index contributed by atoms with van der Waals surface area (Å²) in [6, 6.07) is 28.5. The number of carboxylic acid groups (broad SMARTS) is 1. The summed E-state index contributed by atoms with van der Waals surface area (Å²) in [5.41, 5.74) is 5.51. The third kappa shape index (κ3) is 9.88. The van der Waals surface area contributed by atoms with Gasteiger partial charge in [0.25, 0.3) is 15.9 Å². The van der Waals surface area contributed by atoms with Crippen LogP contribution in [0.25, 0.3) is 11.1 Å². The van der Waals surface area contributed by atoms with Gasteiger partial charge in [0.15, 0.2) is 9.34 Å². The number of aliphatic carboxylic acids is 1. The van der Waals surface area contributed by atoms with Crippen molar-refractivity contribution in [3.63, 3.8) is 0 Å². The maximum absolute atomic E-state index is 14.6. The highest BCUT2D eigenvalue weighted by molar-refractivity contribution is 7.91. The van der Waals surface area contributed by atoms with Crippen LogP contribution < -0.4 is 25.4 Å². The fourth-order valence-corrected chi connectivity index (χ4v) is 11.1. The molecule has 2 aliphatic heterocycles. The molecule has 6 aromatic rings. The summed E-state index contributed by atoms with van der Waals surface area (Å²) in [4.78, 5) is 56.6. The Bertz CT molecular complexity index is 3050. The van der Waals surface area contributed by atoms with Crippen molar-refractivity contribution in [1.29, 1.82) is 5.26 Å². The molecular formula is C47H38Cl2N6O9S2. The highest BCUT2D eigenvalue weighted by atomic mass is 35.5. The van der Waals surface area contributed by atoms with Gasteiger partial charge in [-0.15, -0.1) is 0 Å². The molecule has 0 bridgehead atoms. The third-order valence-electron chi connectivity index (χ3n) is 10.9. The summed E-state index contributed by atoms with van der Waals surface area (Å²) in [6.45, 7) is 2.62. The molecule has 2 unspecified atom stereocenters. The summed E-state index contributed by atoms with van der Waals surface area (Å²) >= 11 is 12.9. The molecular weight excluding hydrogens is 928 g/mol. The second kappa shape index (κ2) is 19.0. The second-order valence-electron chi connectivity index (χ2n) is 15.5. The fourth-order valence-electron chi connectivity index (χ4n) is 7.60. The van der Waals surface area contributed by atoms with E-state index in [-0.39, 0.29) is 46.8 Å². The van der Waals surface area contributed by atoms with Gasteiger partial charge < -0.3 is 30.5 Å². The Labute approximate surface area is 393 Å². The van der Waals surface area contributed by atoms with Crippen LogP contribution in [0.3, 0.4) is 0 Å². The molecule has 66 heavy (non-hydrogen) atoms. The monoisotopic (exact) mass is 964 g/mol. The van der Waals surface area contributed by atoms with Crippen LogP contribution in [0.1, 0.15) is 52.1 Å². The quantitative estimate of drug-likeness (QED) is 0.0874. The number of aromatic nitrogens is 1. The Balaban J connectivity index is 1.04. The molecule has 0 fully saturated rings. The first-order valence-corrected chi connectivity index (χ1v) is 23.3. The van der Waals surface area contributed by atoms with Crippen LogP contribution in [0.4, 0.5) is 10.8 Å².